The Morgan fingerprint density at radius 2 is 2.00 bits per heavy atom. The molecule has 1 atom stereocenters. The molecule has 1 heterocycles. The molecule has 1 amide bonds. The summed E-state index contributed by atoms with van der Waals surface area (Å²) in [7, 11) is 0. The molecule has 1 aromatic carbocycles. The van der Waals surface area contributed by atoms with Gasteiger partial charge >= 0.3 is 0 Å². The van der Waals surface area contributed by atoms with E-state index in [-0.39, 0.29) is 11.3 Å². The Kier molecular flexibility index (Phi) is 6.33. The molecule has 0 spiro atoms. The molecule has 0 radical (unpaired) electrons. The molecule has 5 heteroatoms. The van der Waals surface area contributed by atoms with E-state index >= 15 is 0 Å². The van der Waals surface area contributed by atoms with Gasteiger partial charge in [-0.3, -0.25) is 4.79 Å². The van der Waals surface area contributed by atoms with Crippen LogP contribution in [0.15, 0.2) is 24.3 Å². The Morgan fingerprint density at radius 1 is 1.31 bits per heavy atom. The van der Waals surface area contributed by atoms with E-state index in [9.17, 15) is 10.1 Å². The Labute approximate surface area is 177 Å². The first kappa shape index (κ1) is 21.4. The smallest absolute Gasteiger partial charge is 0.256 e. The number of carbonyl (C=O) groups excluding carboxylic acids is 1. The van der Waals surface area contributed by atoms with Gasteiger partial charge in [-0.2, -0.15) is 5.26 Å². The summed E-state index contributed by atoms with van der Waals surface area (Å²) >= 11 is 1.56. The summed E-state index contributed by atoms with van der Waals surface area (Å²) in [4.78, 5) is 14.0. The first-order valence-electron chi connectivity index (χ1n) is 10.3. The van der Waals surface area contributed by atoms with Gasteiger partial charge in [0.1, 0.15) is 16.8 Å². The molecule has 29 heavy (non-hydrogen) atoms. The van der Waals surface area contributed by atoms with E-state index in [2.05, 4.69) is 46.0 Å². The molecule has 0 bridgehead atoms. The predicted molar refractivity (Wildman–Crippen MR) is 119 cm³/mol. The third-order valence-corrected chi connectivity index (χ3v) is 6.70. The number of thiophene rings is 1. The number of fused-ring (bicyclic) bond motifs is 1. The standard InChI is InChI=1S/C24H30N2O2S/c1-15(2)14-28-18-9-6-16(7-10-18)22(27)26-23-20(13-25)19-11-8-17(24(3,4)5)12-21(19)29-23/h6-7,9-10,15,17H,8,11-12,14H2,1-5H3,(H,26,27). The van der Waals surface area contributed by atoms with Crippen LogP contribution < -0.4 is 10.1 Å². The third kappa shape index (κ3) is 5.00. The van der Waals surface area contributed by atoms with Crippen molar-refractivity contribution in [2.45, 2.75) is 53.9 Å². The lowest BCUT2D eigenvalue weighted by Gasteiger charge is -2.33. The number of hydrogen-bond acceptors (Lipinski definition) is 4. The summed E-state index contributed by atoms with van der Waals surface area (Å²) < 4.78 is 5.68. The topological polar surface area (TPSA) is 62.1 Å². The van der Waals surface area contributed by atoms with Crippen molar-refractivity contribution in [1.29, 1.82) is 5.26 Å². The Balaban J connectivity index is 1.74. The zero-order valence-corrected chi connectivity index (χ0v) is 18.8. The maximum absolute atomic E-state index is 12.7. The lowest BCUT2D eigenvalue weighted by Crippen LogP contribution is -2.26. The number of rotatable bonds is 5. The van der Waals surface area contributed by atoms with E-state index in [1.165, 1.54) is 4.88 Å². The van der Waals surface area contributed by atoms with Crippen LogP contribution in [0, 0.1) is 28.6 Å². The minimum absolute atomic E-state index is 0.192. The molecule has 1 aliphatic carbocycles. The van der Waals surface area contributed by atoms with E-state index in [1.807, 2.05) is 12.1 Å². The van der Waals surface area contributed by atoms with Gasteiger partial charge in [-0.05, 0) is 66.3 Å². The summed E-state index contributed by atoms with van der Waals surface area (Å²) in [5, 5.41) is 13.4. The fourth-order valence-corrected chi connectivity index (χ4v) is 4.95. The highest BCUT2D eigenvalue weighted by atomic mass is 32.1. The molecule has 2 aromatic rings. The molecule has 0 aliphatic heterocycles. The van der Waals surface area contributed by atoms with Crippen molar-refractivity contribution in [2.75, 3.05) is 11.9 Å². The van der Waals surface area contributed by atoms with Crippen molar-refractivity contribution in [3.05, 3.63) is 45.8 Å². The molecule has 154 valence electrons. The summed E-state index contributed by atoms with van der Waals surface area (Å²) in [6.45, 7) is 11.7. The second-order valence-electron chi connectivity index (χ2n) is 9.31. The van der Waals surface area contributed by atoms with Gasteiger partial charge in [0.15, 0.2) is 0 Å². The Morgan fingerprint density at radius 3 is 2.59 bits per heavy atom. The maximum Gasteiger partial charge on any atom is 0.256 e. The van der Waals surface area contributed by atoms with E-state index in [0.29, 0.717) is 34.6 Å². The number of anilines is 1. The molecule has 1 aliphatic rings. The molecule has 1 N–H and O–H groups in total. The van der Waals surface area contributed by atoms with Gasteiger partial charge in [0.05, 0.1) is 12.2 Å². The molecule has 0 fully saturated rings. The first-order valence-corrected chi connectivity index (χ1v) is 11.1. The van der Waals surface area contributed by atoms with Crippen molar-refractivity contribution in [2.24, 2.45) is 17.3 Å². The maximum atomic E-state index is 12.7. The lowest BCUT2D eigenvalue weighted by molar-refractivity contribution is 0.102. The number of nitrogens with one attached hydrogen (secondary N) is 1. The number of amides is 1. The number of nitrogens with zero attached hydrogens (tertiary/aromatic N) is 1. The molecular weight excluding hydrogens is 380 g/mol. The normalized spacial score (nSPS) is 16.2. The second-order valence-corrected chi connectivity index (χ2v) is 10.4. The molecule has 1 aromatic heterocycles. The van der Waals surface area contributed by atoms with Crippen LogP contribution in [0.4, 0.5) is 5.00 Å². The summed E-state index contributed by atoms with van der Waals surface area (Å²) in [5.41, 5.74) is 2.58. The molecule has 0 saturated carbocycles. The molecule has 0 saturated heterocycles. The number of carbonyl (C=O) groups is 1. The summed E-state index contributed by atoms with van der Waals surface area (Å²) in [5.74, 6) is 1.61. The second kappa shape index (κ2) is 8.59. The van der Waals surface area contributed by atoms with Crippen molar-refractivity contribution in [1.82, 2.24) is 0 Å². The highest BCUT2D eigenvalue weighted by Gasteiger charge is 2.32. The molecule has 3 rings (SSSR count). The lowest BCUT2D eigenvalue weighted by atomic mass is 9.72. The zero-order valence-electron chi connectivity index (χ0n) is 18.0. The van der Waals surface area contributed by atoms with Gasteiger partial charge in [-0.1, -0.05) is 34.6 Å². The van der Waals surface area contributed by atoms with E-state index in [0.717, 1.165) is 30.6 Å². The van der Waals surface area contributed by atoms with Crippen LogP contribution in [0.3, 0.4) is 0 Å². The van der Waals surface area contributed by atoms with Gasteiger partial charge < -0.3 is 10.1 Å². The van der Waals surface area contributed by atoms with Crippen LogP contribution in [0.25, 0.3) is 0 Å². The zero-order chi connectivity index (χ0) is 21.2. The SMILES string of the molecule is CC(C)COc1ccc(C(=O)Nc2sc3c(c2C#N)CCC(C(C)(C)C)C3)cc1. The molecule has 1 unspecified atom stereocenters. The van der Waals surface area contributed by atoms with Crippen LogP contribution in [0.2, 0.25) is 0 Å². The monoisotopic (exact) mass is 410 g/mol. The highest BCUT2D eigenvalue weighted by Crippen LogP contribution is 2.44. The first-order chi connectivity index (χ1) is 13.7. The van der Waals surface area contributed by atoms with E-state index in [1.54, 1.807) is 23.5 Å². The van der Waals surface area contributed by atoms with Gasteiger partial charge in [-0.25, -0.2) is 0 Å². The van der Waals surface area contributed by atoms with Crippen LogP contribution in [-0.2, 0) is 12.8 Å². The van der Waals surface area contributed by atoms with Gasteiger partial charge in [-0.15, -0.1) is 11.3 Å². The third-order valence-electron chi connectivity index (χ3n) is 5.53. The fourth-order valence-electron chi connectivity index (χ4n) is 3.67. The quantitative estimate of drug-likeness (QED) is 0.652. The average molecular weight is 411 g/mol. The van der Waals surface area contributed by atoms with E-state index < -0.39 is 0 Å². The number of hydrogen-bond donors (Lipinski definition) is 1. The number of nitriles is 1. The van der Waals surface area contributed by atoms with Crippen molar-refractivity contribution in [3.8, 4) is 11.8 Å². The fraction of sp³-hybridized carbons (Fsp3) is 0.500. The van der Waals surface area contributed by atoms with Crippen molar-refractivity contribution >= 4 is 22.2 Å². The van der Waals surface area contributed by atoms with Gasteiger partial charge in [0.25, 0.3) is 5.91 Å². The Bertz CT molecular complexity index is 914. The summed E-state index contributed by atoms with van der Waals surface area (Å²) in [6, 6.07) is 9.49. The summed E-state index contributed by atoms with van der Waals surface area (Å²) in [6.07, 6.45) is 2.98. The van der Waals surface area contributed by atoms with Crippen LogP contribution >= 0.6 is 11.3 Å². The van der Waals surface area contributed by atoms with E-state index in [4.69, 9.17) is 4.74 Å². The number of benzene rings is 1. The molecular formula is C24H30N2O2S. The van der Waals surface area contributed by atoms with Crippen LogP contribution in [0.1, 0.15) is 67.4 Å². The Hall–Kier alpha value is -2.32. The minimum Gasteiger partial charge on any atom is -0.493 e. The highest BCUT2D eigenvalue weighted by molar-refractivity contribution is 7.16. The van der Waals surface area contributed by atoms with Crippen molar-refractivity contribution in [3.63, 3.8) is 0 Å². The van der Waals surface area contributed by atoms with Crippen molar-refractivity contribution < 1.29 is 9.53 Å². The van der Waals surface area contributed by atoms with Crippen LogP contribution in [-0.4, -0.2) is 12.5 Å². The van der Waals surface area contributed by atoms with Gasteiger partial charge in [0.2, 0.25) is 0 Å². The van der Waals surface area contributed by atoms with Crippen LogP contribution in [0.5, 0.6) is 5.75 Å². The molecule has 4 nitrogen and oxygen atoms in total. The minimum atomic E-state index is -0.192. The predicted octanol–water partition coefficient (Wildman–Crippen LogP) is 6.06. The largest absolute Gasteiger partial charge is 0.493 e. The van der Waals surface area contributed by atoms with Gasteiger partial charge in [0, 0.05) is 10.4 Å². The average Bonchev–Trinajstić information content (AvgIpc) is 3.02. The number of ether oxygens (including phenoxy) is 1.